The van der Waals surface area contributed by atoms with Crippen LogP contribution in [-0.4, -0.2) is 51.8 Å². The van der Waals surface area contributed by atoms with Crippen LogP contribution in [0.25, 0.3) is 10.2 Å². The molecule has 7 nitrogen and oxygen atoms in total. The van der Waals surface area contributed by atoms with Crippen LogP contribution < -0.4 is 5.32 Å². The molecule has 3 aliphatic rings. The maximum absolute atomic E-state index is 13.2. The predicted octanol–water partition coefficient (Wildman–Crippen LogP) is 3.70. The van der Waals surface area contributed by atoms with E-state index < -0.39 is 0 Å². The second-order valence-electron chi connectivity index (χ2n) is 9.33. The highest BCUT2D eigenvalue weighted by Crippen LogP contribution is 2.41. The molecule has 2 aliphatic heterocycles. The summed E-state index contributed by atoms with van der Waals surface area (Å²) in [6, 6.07) is 6.31. The van der Waals surface area contributed by atoms with Crippen molar-refractivity contribution in [2.75, 3.05) is 25.0 Å². The van der Waals surface area contributed by atoms with Gasteiger partial charge in [-0.3, -0.25) is 9.79 Å². The molecule has 1 fully saturated rings. The van der Waals surface area contributed by atoms with Gasteiger partial charge in [0.05, 0.1) is 11.9 Å². The average Bonchev–Trinajstić information content (AvgIpc) is 3.47. The van der Waals surface area contributed by atoms with Crippen molar-refractivity contribution in [3.05, 3.63) is 46.1 Å². The number of nitrogens with one attached hydrogen (secondary N) is 1. The van der Waals surface area contributed by atoms with E-state index in [9.17, 15) is 9.90 Å². The molecule has 33 heavy (non-hydrogen) atoms. The minimum absolute atomic E-state index is 0.0170. The zero-order valence-electron chi connectivity index (χ0n) is 18.5. The third kappa shape index (κ3) is 3.81. The number of likely N-dealkylation sites (tertiary alicyclic amines) is 1. The van der Waals surface area contributed by atoms with Crippen molar-refractivity contribution in [2.24, 2.45) is 16.8 Å². The van der Waals surface area contributed by atoms with Crippen molar-refractivity contribution in [2.45, 2.75) is 38.6 Å². The van der Waals surface area contributed by atoms with Gasteiger partial charge in [-0.05, 0) is 66.8 Å². The lowest BCUT2D eigenvalue weighted by Crippen LogP contribution is -2.44. The molecule has 0 saturated carbocycles. The number of benzene rings is 1. The van der Waals surface area contributed by atoms with Crippen LogP contribution in [0.2, 0.25) is 0 Å². The maximum atomic E-state index is 13.2. The number of aliphatic hydroxyl groups is 1. The van der Waals surface area contributed by atoms with Gasteiger partial charge in [0.25, 0.3) is 0 Å². The highest BCUT2D eigenvalue weighted by atomic mass is 32.1. The van der Waals surface area contributed by atoms with Gasteiger partial charge in [0.1, 0.15) is 17.0 Å². The molecule has 0 spiro atoms. The van der Waals surface area contributed by atoms with Crippen LogP contribution >= 0.6 is 11.3 Å². The molecule has 0 bridgehead atoms. The van der Waals surface area contributed by atoms with E-state index in [1.807, 2.05) is 11.1 Å². The van der Waals surface area contributed by atoms with Crippen LogP contribution in [0.4, 0.5) is 11.5 Å². The van der Waals surface area contributed by atoms with Crippen molar-refractivity contribution in [1.82, 2.24) is 14.9 Å². The number of aliphatic hydroxyl groups excluding tert-OH is 1. The van der Waals surface area contributed by atoms with Crippen LogP contribution in [0.3, 0.4) is 0 Å². The number of aliphatic imine (C=N–C) groups is 1. The van der Waals surface area contributed by atoms with Crippen LogP contribution in [0.1, 0.15) is 40.8 Å². The van der Waals surface area contributed by atoms with Crippen molar-refractivity contribution in [3.63, 3.8) is 0 Å². The monoisotopic (exact) mass is 461 g/mol. The van der Waals surface area contributed by atoms with Gasteiger partial charge in [-0.1, -0.05) is 6.07 Å². The summed E-state index contributed by atoms with van der Waals surface area (Å²) in [6.07, 6.45) is 8.01. The third-order valence-corrected chi connectivity index (χ3v) is 8.35. The van der Waals surface area contributed by atoms with E-state index in [4.69, 9.17) is 0 Å². The van der Waals surface area contributed by atoms with Gasteiger partial charge in [0, 0.05) is 42.4 Å². The fourth-order valence-electron chi connectivity index (χ4n) is 5.40. The molecule has 2 atom stereocenters. The highest BCUT2D eigenvalue weighted by Gasteiger charge is 2.33. The Morgan fingerprint density at radius 3 is 3.12 bits per heavy atom. The van der Waals surface area contributed by atoms with Gasteiger partial charge in [-0.2, -0.15) is 0 Å². The molecule has 1 saturated heterocycles. The van der Waals surface area contributed by atoms with Crippen LogP contribution in [-0.2, 0) is 24.2 Å². The molecule has 170 valence electrons. The number of nitrogens with zero attached hydrogens (tertiary/aromatic N) is 4. The van der Waals surface area contributed by atoms with Gasteiger partial charge in [0.15, 0.2) is 0 Å². The number of thiophene rings is 1. The molecule has 4 heterocycles. The first-order valence-electron chi connectivity index (χ1n) is 11.7. The molecule has 1 amide bonds. The molecule has 3 aromatic rings. The van der Waals surface area contributed by atoms with Gasteiger partial charge in [-0.25, -0.2) is 9.97 Å². The Morgan fingerprint density at radius 2 is 2.21 bits per heavy atom. The summed E-state index contributed by atoms with van der Waals surface area (Å²) in [6.45, 7) is 2.43. The minimum Gasteiger partial charge on any atom is -0.396 e. The van der Waals surface area contributed by atoms with Crippen LogP contribution in [0.15, 0.2) is 29.5 Å². The molecular formula is C25H27N5O2S. The summed E-state index contributed by atoms with van der Waals surface area (Å²) >= 11 is 1.69. The summed E-state index contributed by atoms with van der Waals surface area (Å²) in [5.74, 6) is 1.32. The van der Waals surface area contributed by atoms with E-state index in [-0.39, 0.29) is 24.3 Å². The number of anilines is 2. The first-order chi connectivity index (χ1) is 16.2. The number of rotatable bonds is 4. The average molecular weight is 462 g/mol. The molecular weight excluding hydrogens is 434 g/mol. The largest absolute Gasteiger partial charge is 0.396 e. The maximum Gasteiger partial charge on any atom is 0.226 e. The van der Waals surface area contributed by atoms with E-state index in [0.717, 1.165) is 72.5 Å². The number of aromatic nitrogens is 2. The van der Waals surface area contributed by atoms with Gasteiger partial charge in [0.2, 0.25) is 5.91 Å². The Hall–Kier alpha value is -2.84. The number of piperidine rings is 1. The smallest absolute Gasteiger partial charge is 0.226 e. The molecule has 2 N–H and O–H groups in total. The Balaban J connectivity index is 1.25. The Morgan fingerprint density at radius 1 is 1.27 bits per heavy atom. The molecule has 8 heteroatoms. The summed E-state index contributed by atoms with van der Waals surface area (Å²) in [4.78, 5) is 30.9. The highest BCUT2D eigenvalue weighted by molar-refractivity contribution is 7.19. The van der Waals surface area contributed by atoms with E-state index in [1.165, 1.54) is 16.0 Å². The fourth-order valence-corrected chi connectivity index (χ4v) is 6.67. The number of aryl methyl sites for hydroxylation is 1. The molecule has 2 aromatic heterocycles. The van der Waals surface area contributed by atoms with E-state index in [2.05, 4.69) is 38.5 Å². The number of amides is 1. The number of carbonyl (C=O) groups is 1. The first kappa shape index (κ1) is 20.7. The summed E-state index contributed by atoms with van der Waals surface area (Å²) < 4.78 is 0. The van der Waals surface area contributed by atoms with Gasteiger partial charge < -0.3 is 15.3 Å². The van der Waals surface area contributed by atoms with Gasteiger partial charge in [-0.15, -0.1) is 11.3 Å². The Labute approximate surface area is 196 Å². The summed E-state index contributed by atoms with van der Waals surface area (Å²) in [5, 5.41) is 14.1. The van der Waals surface area contributed by atoms with Crippen molar-refractivity contribution < 1.29 is 9.90 Å². The van der Waals surface area contributed by atoms with Crippen molar-refractivity contribution in [1.29, 1.82) is 0 Å². The SMILES string of the molecule is O=C(C1CCc2c(sc3ncnc(Nc4ccc5c(c4)C=NC5)c23)C1)N1CCCC(CO)C1. The van der Waals surface area contributed by atoms with E-state index in [0.29, 0.717) is 6.54 Å². The van der Waals surface area contributed by atoms with Crippen LogP contribution in [0, 0.1) is 11.8 Å². The number of fused-ring (bicyclic) bond motifs is 4. The normalized spacial score (nSPS) is 21.8. The second kappa shape index (κ2) is 8.50. The number of hydrogen-bond donors (Lipinski definition) is 2. The molecule has 2 unspecified atom stereocenters. The lowest BCUT2D eigenvalue weighted by atomic mass is 9.86. The predicted molar refractivity (Wildman–Crippen MR) is 130 cm³/mol. The van der Waals surface area contributed by atoms with Crippen molar-refractivity contribution in [3.8, 4) is 0 Å². The van der Waals surface area contributed by atoms with E-state index >= 15 is 0 Å². The third-order valence-electron chi connectivity index (χ3n) is 7.18. The Bertz CT molecular complexity index is 1250. The molecule has 1 aliphatic carbocycles. The molecule has 6 rings (SSSR count). The van der Waals surface area contributed by atoms with Crippen molar-refractivity contribution >= 4 is 45.2 Å². The van der Waals surface area contributed by atoms with Crippen LogP contribution in [0.5, 0.6) is 0 Å². The molecule has 0 radical (unpaired) electrons. The van der Waals surface area contributed by atoms with E-state index in [1.54, 1.807) is 17.7 Å². The lowest BCUT2D eigenvalue weighted by molar-refractivity contribution is -0.138. The minimum atomic E-state index is 0.0170. The first-order valence-corrected chi connectivity index (χ1v) is 12.6. The lowest BCUT2D eigenvalue weighted by Gasteiger charge is -2.35. The second-order valence-corrected chi connectivity index (χ2v) is 10.4. The topological polar surface area (TPSA) is 90.7 Å². The number of carbonyl (C=O) groups excluding carboxylic acids is 1. The number of hydrogen-bond acceptors (Lipinski definition) is 7. The molecule has 1 aromatic carbocycles. The standard InChI is InChI=1S/C25H27N5O2S/c31-13-15-2-1-7-30(12-15)25(32)16-4-6-20-21(9-16)33-24-22(20)23(27-14-28-24)29-19-5-3-17-10-26-11-18(17)8-19/h3,5,8,11,14-16,31H,1-2,4,6-7,9-10,12-13H2,(H,27,28,29). The summed E-state index contributed by atoms with van der Waals surface area (Å²) in [5.41, 5.74) is 4.68. The zero-order chi connectivity index (χ0) is 22.4. The van der Waals surface area contributed by atoms with Gasteiger partial charge >= 0.3 is 0 Å². The Kier molecular flexibility index (Phi) is 5.34. The zero-order valence-corrected chi connectivity index (χ0v) is 19.3. The fraction of sp³-hybridized carbons (Fsp3) is 0.440. The summed E-state index contributed by atoms with van der Waals surface area (Å²) in [7, 11) is 0. The quantitative estimate of drug-likeness (QED) is 0.618.